The minimum atomic E-state index is -0.598. The highest BCUT2D eigenvalue weighted by Gasteiger charge is 2.35. The number of anilines is 1. The molecule has 32 heavy (non-hydrogen) atoms. The number of carbonyl (C=O) groups excluding carboxylic acids is 3. The van der Waals surface area contributed by atoms with Crippen molar-refractivity contribution in [3.05, 3.63) is 78.8 Å². The first-order valence-electron chi connectivity index (χ1n) is 10.2. The minimum Gasteiger partial charge on any atom is -0.467 e. The second-order valence-corrected chi connectivity index (χ2v) is 7.35. The fourth-order valence-electron chi connectivity index (χ4n) is 3.36. The third-order valence-corrected chi connectivity index (χ3v) is 4.94. The third kappa shape index (κ3) is 5.54. The fraction of sp³-hybridized carbons (Fsp3) is 0.208. The van der Waals surface area contributed by atoms with Gasteiger partial charge in [0, 0.05) is 18.7 Å². The van der Waals surface area contributed by atoms with Crippen LogP contribution in [0.3, 0.4) is 0 Å². The maximum Gasteiger partial charge on any atom is 0.311 e. The first-order chi connectivity index (χ1) is 15.6. The van der Waals surface area contributed by atoms with Gasteiger partial charge in [0.2, 0.25) is 5.91 Å². The number of benzene rings is 2. The molecule has 8 heteroatoms. The molecule has 3 aromatic rings. The SMILES string of the molecule is O=C(COC(=O)[C@H]1CC(=O)N(Cc2ccco2)C1)Nc1ccc(Oc2ccccc2)cc1. The van der Waals surface area contributed by atoms with Gasteiger partial charge in [-0.15, -0.1) is 0 Å². The monoisotopic (exact) mass is 434 g/mol. The number of likely N-dealkylation sites (tertiary alicyclic amines) is 1. The molecule has 2 aromatic carbocycles. The van der Waals surface area contributed by atoms with Crippen molar-refractivity contribution in [2.75, 3.05) is 18.5 Å². The zero-order valence-electron chi connectivity index (χ0n) is 17.2. The lowest BCUT2D eigenvalue weighted by molar-refractivity contribution is -0.151. The number of hydrogen-bond acceptors (Lipinski definition) is 6. The number of nitrogens with zero attached hydrogens (tertiary/aromatic N) is 1. The molecule has 2 heterocycles. The quantitative estimate of drug-likeness (QED) is 0.544. The van der Waals surface area contributed by atoms with E-state index in [0.29, 0.717) is 29.5 Å². The first kappa shape index (κ1) is 21.2. The standard InChI is InChI=1S/C24H22N2O6/c27-22(25-18-8-10-20(11-9-18)32-19-5-2-1-3-6-19)16-31-24(29)17-13-23(28)26(14-17)15-21-7-4-12-30-21/h1-12,17H,13-16H2,(H,25,27)/t17-/m0/s1. The molecule has 1 saturated heterocycles. The van der Waals surface area contributed by atoms with Gasteiger partial charge in [0.25, 0.3) is 5.91 Å². The average molecular weight is 434 g/mol. The number of rotatable bonds is 8. The molecule has 0 radical (unpaired) electrons. The van der Waals surface area contributed by atoms with E-state index in [4.69, 9.17) is 13.9 Å². The van der Waals surface area contributed by atoms with Crippen molar-refractivity contribution in [2.24, 2.45) is 5.92 Å². The van der Waals surface area contributed by atoms with E-state index in [0.717, 1.165) is 0 Å². The third-order valence-electron chi connectivity index (χ3n) is 4.94. The molecule has 0 saturated carbocycles. The number of amides is 2. The number of nitrogens with one attached hydrogen (secondary N) is 1. The highest BCUT2D eigenvalue weighted by molar-refractivity contribution is 5.93. The molecule has 0 bridgehead atoms. The van der Waals surface area contributed by atoms with E-state index in [-0.39, 0.29) is 18.9 Å². The van der Waals surface area contributed by atoms with E-state index in [2.05, 4.69) is 5.32 Å². The molecule has 4 rings (SSSR count). The van der Waals surface area contributed by atoms with Gasteiger partial charge in [0.05, 0.1) is 18.7 Å². The van der Waals surface area contributed by atoms with Crippen molar-refractivity contribution >= 4 is 23.5 Å². The Morgan fingerprint density at radius 2 is 1.75 bits per heavy atom. The Morgan fingerprint density at radius 1 is 1.00 bits per heavy atom. The summed E-state index contributed by atoms with van der Waals surface area (Å²) in [5, 5.41) is 2.66. The summed E-state index contributed by atoms with van der Waals surface area (Å²) in [5.41, 5.74) is 0.548. The molecule has 1 aliphatic heterocycles. The molecule has 1 fully saturated rings. The number of esters is 1. The number of carbonyl (C=O) groups is 3. The Kier molecular flexibility index (Phi) is 6.50. The summed E-state index contributed by atoms with van der Waals surface area (Å²) in [4.78, 5) is 38.1. The molecule has 1 atom stereocenters. The van der Waals surface area contributed by atoms with Gasteiger partial charge >= 0.3 is 5.97 Å². The molecule has 1 N–H and O–H groups in total. The van der Waals surface area contributed by atoms with Crippen LogP contribution in [0.5, 0.6) is 11.5 Å². The topological polar surface area (TPSA) is 98.1 Å². The molecule has 1 aliphatic rings. The van der Waals surface area contributed by atoms with Crippen molar-refractivity contribution in [1.29, 1.82) is 0 Å². The zero-order valence-corrected chi connectivity index (χ0v) is 17.2. The van der Waals surface area contributed by atoms with Crippen LogP contribution in [0.15, 0.2) is 77.4 Å². The van der Waals surface area contributed by atoms with Crippen molar-refractivity contribution in [3.8, 4) is 11.5 Å². The van der Waals surface area contributed by atoms with Crippen LogP contribution in [0.1, 0.15) is 12.2 Å². The number of ether oxygens (including phenoxy) is 2. The molecule has 8 nitrogen and oxygen atoms in total. The Bertz CT molecular complexity index is 1060. The summed E-state index contributed by atoms with van der Waals surface area (Å²) in [6, 6.07) is 19.7. The lowest BCUT2D eigenvalue weighted by Gasteiger charge is -2.14. The molecular weight excluding hydrogens is 412 g/mol. The average Bonchev–Trinajstić information content (AvgIpc) is 3.44. The molecule has 0 aliphatic carbocycles. The van der Waals surface area contributed by atoms with E-state index >= 15 is 0 Å². The lowest BCUT2D eigenvalue weighted by Crippen LogP contribution is -2.28. The summed E-state index contributed by atoms with van der Waals surface area (Å²) in [7, 11) is 0. The second-order valence-electron chi connectivity index (χ2n) is 7.35. The van der Waals surface area contributed by atoms with Crippen LogP contribution >= 0.6 is 0 Å². The van der Waals surface area contributed by atoms with Crippen LogP contribution in [0.4, 0.5) is 5.69 Å². The van der Waals surface area contributed by atoms with Crippen molar-refractivity contribution in [2.45, 2.75) is 13.0 Å². The zero-order chi connectivity index (χ0) is 22.3. The van der Waals surface area contributed by atoms with Crippen LogP contribution in [-0.4, -0.2) is 35.8 Å². The number of para-hydroxylation sites is 1. The lowest BCUT2D eigenvalue weighted by atomic mass is 10.1. The van der Waals surface area contributed by atoms with E-state index in [1.54, 1.807) is 41.3 Å². The first-order valence-corrected chi connectivity index (χ1v) is 10.2. The van der Waals surface area contributed by atoms with E-state index < -0.39 is 24.4 Å². The van der Waals surface area contributed by atoms with Crippen molar-refractivity contribution < 1.29 is 28.3 Å². The van der Waals surface area contributed by atoms with Gasteiger partial charge in [-0.2, -0.15) is 0 Å². The Morgan fingerprint density at radius 3 is 2.47 bits per heavy atom. The molecule has 1 aromatic heterocycles. The van der Waals surface area contributed by atoms with E-state index in [1.807, 2.05) is 30.3 Å². The van der Waals surface area contributed by atoms with Gasteiger partial charge in [-0.1, -0.05) is 18.2 Å². The van der Waals surface area contributed by atoms with E-state index in [9.17, 15) is 14.4 Å². The second kappa shape index (κ2) is 9.82. The molecule has 0 spiro atoms. The van der Waals surface area contributed by atoms with Crippen LogP contribution in [0.2, 0.25) is 0 Å². The fourth-order valence-corrected chi connectivity index (χ4v) is 3.36. The number of hydrogen-bond donors (Lipinski definition) is 1. The Balaban J connectivity index is 1.21. The van der Waals surface area contributed by atoms with Crippen LogP contribution < -0.4 is 10.1 Å². The molecule has 164 valence electrons. The van der Waals surface area contributed by atoms with Gasteiger partial charge in [-0.05, 0) is 48.5 Å². The smallest absolute Gasteiger partial charge is 0.311 e. The van der Waals surface area contributed by atoms with E-state index in [1.165, 1.54) is 6.26 Å². The summed E-state index contributed by atoms with van der Waals surface area (Å²) in [5.74, 6) is 0.209. The van der Waals surface area contributed by atoms with Gasteiger partial charge in [-0.3, -0.25) is 14.4 Å². The molecule has 2 amide bonds. The Hall–Kier alpha value is -4.07. The molecular formula is C24H22N2O6. The maximum absolute atomic E-state index is 12.3. The summed E-state index contributed by atoms with van der Waals surface area (Å²) < 4.78 is 16.1. The van der Waals surface area contributed by atoms with Gasteiger partial charge in [0.15, 0.2) is 6.61 Å². The summed E-state index contributed by atoms with van der Waals surface area (Å²) in [6.07, 6.45) is 1.59. The largest absolute Gasteiger partial charge is 0.467 e. The summed E-state index contributed by atoms with van der Waals surface area (Å²) >= 11 is 0. The minimum absolute atomic E-state index is 0.0596. The van der Waals surface area contributed by atoms with Gasteiger partial charge in [0.1, 0.15) is 17.3 Å². The van der Waals surface area contributed by atoms with Crippen molar-refractivity contribution in [1.82, 2.24) is 4.90 Å². The number of furan rings is 1. The maximum atomic E-state index is 12.3. The highest BCUT2D eigenvalue weighted by atomic mass is 16.5. The van der Waals surface area contributed by atoms with Crippen LogP contribution in [0, 0.1) is 5.92 Å². The van der Waals surface area contributed by atoms with Crippen molar-refractivity contribution in [3.63, 3.8) is 0 Å². The van der Waals surface area contributed by atoms with Gasteiger partial charge < -0.3 is 24.1 Å². The Labute approximate surface area is 184 Å². The predicted octanol–water partition coefficient (Wildman–Crippen LogP) is 3.60. The normalized spacial score (nSPS) is 15.4. The van der Waals surface area contributed by atoms with Gasteiger partial charge in [-0.25, -0.2) is 0 Å². The van der Waals surface area contributed by atoms with Crippen LogP contribution in [0.25, 0.3) is 0 Å². The highest BCUT2D eigenvalue weighted by Crippen LogP contribution is 2.23. The predicted molar refractivity (Wildman–Crippen MR) is 115 cm³/mol. The molecule has 0 unspecified atom stereocenters. The van der Waals surface area contributed by atoms with Crippen LogP contribution in [-0.2, 0) is 25.7 Å². The summed E-state index contributed by atoms with van der Waals surface area (Å²) in [6.45, 7) is 0.118.